The first kappa shape index (κ1) is 8.29. The first-order chi connectivity index (χ1) is 5.33. The van der Waals surface area contributed by atoms with Crippen LogP contribution in [0.15, 0.2) is 4.99 Å². The molecule has 0 atom stereocenters. The molecule has 0 spiro atoms. The minimum atomic E-state index is 0.0805. The summed E-state index contributed by atoms with van der Waals surface area (Å²) in [7, 11) is 0. The van der Waals surface area contributed by atoms with Crippen LogP contribution in [0.25, 0.3) is 0 Å². The quantitative estimate of drug-likeness (QED) is 0.273. The van der Waals surface area contributed by atoms with E-state index in [1.54, 1.807) is 5.48 Å². The van der Waals surface area contributed by atoms with Crippen molar-refractivity contribution >= 4 is 5.96 Å². The molecule has 11 heavy (non-hydrogen) atoms. The van der Waals surface area contributed by atoms with Crippen molar-refractivity contribution in [3.63, 3.8) is 0 Å². The van der Waals surface area contributed by atoms with Gasteiger partial charge in [0.1, 0.15) is 0 Å². The topological polar surface area (TPSA) is 79.9 Å². The summed E-state index contributed by atoms with van der Waals surface area (Å²) in [5.74, 6) is 0.0805. The number of nitrogens with zero attached hydrogens (tertiary/aromatic N) is 1. The van der Waals surface area contributed by atoms with E-state index in [1.165, 1.54) is 0 Å². The Morgan fingerprint density at radius 1 is 1.55 bits per heavy atom. The fourth-order valence-electron chi connectivity index (χ4n) is 1.04. The molecule has 1 saturated heterocycles. The maximum atomic E-state index is 8.33. The van der Waals surface area contributed by atoms with Gasteiger partial charge >= 0.3 is 0 Å². The maximum Gasteiger partial charge on any atom is 0.213 e. The van der Waals surface area contributed by atoms with E-state index < -0.39 is 0 Å². The zero-order valence-electron chi connectivity index (χ0n) is 6.29. The number of guanidine groups is 1. The fraction of sp³-hybridized carbons (Fsp3) is 0.833. The third-order valence-electron chi connectivity index (χ3n) is 1.63. The number of hydrogen-bond acceptors (Lipinski definition) is 3. The summed E-state index contributed by atoms with van der Waals surface area (Å²) in [6, 6.07) is 0.198. The molecule has 0 amide bonds. The maximum absolute atomic E-state index is 8.33. The number of nitrogens with two attached hydrogens (primary N) is 1. The molecule has 0 saturated carbocycles. The second kappa shape index (κ2) is 4.15. The van der Waals surface area contributed by atoms with Crippen molar-refractivity contribution in [2.75, 3.05) is 13.2 Å². The van der Waals surface area contributed by atoms with Gasteiger partial charge in [-0.25, -0.2) is 10.5 Å². The number of aliphatic imine (C=N–C) groups is 1. The standard InChI is InChI=1S/C6H13N3O2/c7-6(9-10)8-5-1-3-11-4-2-5/h5,10H,1-4H2,(H3,7,8,9). The van der Waals surface area contributed by atoms with Crippen LogP contribution < -0.4 is 11.2 Å². The lowest BCUT2D eigenvalue weighted by molar-refractivity contribution is 0.0867. The van der Waals surface area contributed by atoms with Gasteiger partial charge in [-0.15, -0.1) is 0 Å². The molecule has 0 unspecified atom stereocenters. The van der Waals surface area contributed by atoms with Crippen molar-refractivity contribution in [1.82, 2.24) is 5.48 Å². The Morgan fingerprint density at radius 3 is 2.73 bits per heavy atom. The minimum Gasteiger partial charge on any atom is -0.381 e. The van der Waals surface area contributed by atoms with Crippen LogP contribution in [0.3, 0.4) is 0 Å². The predicted molar refractivity (Wildman–Crippen MR) is 40.4 cm³/mol. The van der Waals surface area contributed by atoms with Crippen molar-refractivity contribution in [2.24, 2.45) is 10.7 Å². The molecule has 0 aliphatic carbocycles. The van der Waals surface area contributed by atoms with Crippen LogP contribution in [0.1, 0.15) is 12.8 Å². The van der Waals surface area contributed by atoms with Crippen molar-refractivity contribution in [3.8, 4) is 0 Å². The van der Waals surface area contributed by atoms with Crippen LogP contribution in [0.4, 0.5) is 0 Å². The molecule has 64 valence electrons. The second-order valence-corrected chi connectivity index (χ2v) is 2.47. The Hall–Kier alpha value is -0.810. The first-order valence-electron chi connectivity index (χ1n) is 3.64. The highest BCUT2D eigenvalue weighted by atomic mass is 16.5. The summed E-state index contributed by atoms with van der Waals surface area (Å²) in [4.78, 5) is 4.01. The Morgan fingerprint density at radius 2 is 2.18 bits per heavy atom. The van der Waals surface area contributed by atoms with Gasteiger partial charge < -0.3 is 10.5 Å². The highest BCUT2D eigenvalue weighted by molar-refractivity contribution is 5.76. The fourth-order valence-corrected chi connectivity index (χ4v) is 1.04. The lowest BCUT2D eigenvalue weighted by atomic mass is 10.1. The van der Waals surface area contributed by atoms with Crippen LogP contribution in [-0.4, -0.2) is 30.4 Å². The Kier molecular flexibility index (Phi) is 3.13. The summed E-state index contributed by atoms with van der Waals surface area (Å²) in [5, 5.41) is 8.33. The first-order valence-corrected chi connectivity index (χ1v) is 3.64. The van der Waals surface area contributed by atoms with E-state index >= 15 is 0 Å². The van der Waals surface area contributed by atoms with Gasteiger partial charge in [0.25, 0.3) is 0 Å². The van der Waals surface area contributed by atoms with Crippen LogP contribution in [-0.2, 0) is 4.74 Å². The van der Waals surface area contributed by atoms with Crippen molar-refractivity contribution in [2.45, 2.75) is 18.9 Å². The molecule has 1 fully saturated rings. The van der Waals surface area contributed by atoms with E-state index in [0.717, 1.165) is 26.1 Å². The Bertz CT molecular complexity index is 143. The number of rotatable bonds is 1. The van der Waals surface area contributed by atoms with Gasteiger partial charge in [0.15, 0.2) is 0 Å². The van der Waals surface area contributed by atoms with E-state index in [4.69, 9.17) is 15.7 Å². The molecular formula is C6H13N3O2. The zero-order valence-corrected chi connectivity index (χ0v) is 6.29. The van der Waals surface area contributed by atoms with Gasteiger partial charge in [-0.05, 0) is 12.8 Å². The van der Waals surface area contributed by atoms with Gasteiger partial charge in [0.2, 0.25) is 5.96 Å². The molecule has 0 bridgehead atoms. The van der Waals surface area contributed by atoms with Crippen LogP contribution in [0.5, 0.6) is 0 Å². The van der Waals surface area contributed by atoms with Gasteiger partial charge in [-0.3, -0.25) is 5.21 Å². The third kappa shape index (κ3) is 2.73. The highest BCUT2D eigenvalue weighted by Gasteiger charge is 2.12. The summed E-state index contributed by atoms with van der Waals surface area (Å²) < 4.78 is 5.12. The van der Waals surface area contributed by atoms with Crippen molar-refractivity contribution < 1.29 is 9.94 Å². The van der Waals surface area contributed by atoms with Crippen molar-refractivity contribution in [1.29, 1.82) is 0 Å². The molecule has 0 radical (unpaired) electrons. The van der Waals surface area contributed by atoms with E-state index in [-0.39, 0.29) is 12.0 Å². The molecule has 1 rings (SSSR count). The SMILES string of the molecule is NC(=NC1CCOCC1)NO. The molecule has 0 aromatic carbocycles. The average Bonchev–Trinajstić information content (AvgIpc) is 2.06. The average molecular weight is 159 g/mol. The third-order valence-corrected chi connectivity index (χ3v) is 1.63. The predicted octanol–water partition coefficient (Wildman–Crippen LogP) is -0.541. The number of hydroxylamine groups is 1. The van der Waals surface area contributed by atoms with Crippen LogP contribution >= 0.6 is 0 Å². The summed E-state index contributed by atoms with van der Waals surface area (Å²) >= 11 is 0. The Labute approximate surface area is 65.2 Å². The zero-order chi connectivity index (χ0) is 8.10. The monoisotopic (exact) mass is 159 g/mol. The second-order valence-electron chi connectivity index (χ2n) is 2.47. The van der Waals surface area contributed by atoms with Gasteiger partial charge in [0.05, 0.1) is 6.04 Å². The molecule has 4 N–H and O–H groups in total. The number of nitrogens with one attached hydrogen (secondary N) is 1. The number of hydrogen-bond donors (Lipinski definition) is 3. The van der Waals surface area contributed by atoms with Crippen LogP contribution in [0, 0.1) is 0 Å². The molecule has 0 aromatic rings. The molecule has 0 aromatic heterocycles. The molecule has 1 heterocycles. The highest BCUT2D eigenvalue weighted by Crippen LogP contribution is 2.09. The van der Waals surface area contributed by atoms with Crippen LogP contribution in [0.2, 0.25) is 0 Å². The summed E-state index contributed by atoms with van der Waals surface area (Å²) in [5.41, 5.74) is 7.05. The van der Waals surface area contributed by atoms with E-state index in [2.05, 4.69) is 4.99 Å². The van der Waals surface area contributed by atoms with Gasteiger partial charge in [0, 0.05) is 13.2 Å². The smallest absolute Gasteiger partial charge is 0.213 e. The largest absolute Gasteiger partial charge is 0.381 e. The normalized spacial score (nSPS) is 21.7. The summed E-state index contributed by atoms with van der Waals surface area (Å²) in [6.45, 7) is 1.46. The van der Waals surface area contributed by atoms with E-state index in [1.807, 2.05) is 0 Å². The molecule has 5 heteroatoms. The van der Waals surface area contributed by atoms with E-state index in [0.29, 0.717) is 0 Å². The molecule has 1 aliphatic heterocycles. The molecule has 5 nitrogen and oxygen atoms in total. The molecule has 1 aliphatic rings. The Balaban J connectivity index is 2.34. The van der Waals surface area contributed by atoms with E-state index in [9.17, 15) is 0 Å². The van der Waals surface area contributed by atoms with Gasteiger partial charge in [-0.1, -0.05) is 0 Å². The molecular weight excluding hydrogens is 146 g/mol. The minimum absolute atomic E-state index is 0.0805. The van der Waals surface area contributed by atoms with Crippen molar-refractivity contribution in [3.05, 3.63) is 0 Å². The van der Waals surface area contributed by atoms with Gasteiger partial charge in [-0.2, -0.15) is 0 Å². The number of ether oxygens (including phenoxy) is 1. The lowest BCUT2D eigenvalue weighted by Crippen LogP contribution is -2.31. The summed E-state index contributed by atoms with van der Waals surface area (Å²) in [6.07, 6.45) is 1.75. The lowest BCUT2D eigenvalue weighted by Gasteiger charge is -2.18.